The number of fused-ring (bicyclic) bond motifs is 2. The van der Waals surface area contributed by atoms with Crippen LogP contribution in [0.1, 0.15) is 0 Å². The molecule has 4 rings (SSSR count). The van der Waals surface area contributed by atoms with Crippen molar-refractivity contribution in [2.24, 2.45) is 0 Å². The third kappa shape index (κ3) is 2.17. The molecule has 0 bridgehead atoms. The third-order valence-corrected chi connectivity index (χ3v) is 3.32. The number of nitrogens with zero attached hydrogens (tertiary/aromatic N) is 4. The van der Waals surface area contributed by atoms with Gasteiger partial charge in [0.15, 0.2) is 0 Å². The van der Waals surface area contributed by atoms with E-state index in [1.807, 2.05) is 0 Å². The fourth-order valence-electron chi connectivity index (χ4n) is 2.28. The second-order valence-electron chi connectivity index (χ2n) is 4.72. The summed E-state index contributed by atoms with van der Waals surface area (Å²) >= 11 is 0. The lowest BCUT2D eigenvalue weighted by atomic mass is 10.2. The molecule has 0 saturated heterocycles. The van der Waals surface area contributed by atoms with E-state index >= 15 is 0 Å². The molecule has 0 spiro atoms. The van der Waals surface area contributed by atoms with Gasteiger partial charge < -0.3 is 26.1 Å². The molecule has 1 N–H and O–H groups in total. The summed E-state index contributed by atoms with van der Waals surface area (Å²) in [6.07, 6.45) is 0. The molecule has 0 amide bonds. The Hall–Kier alpha value is -2.80. The third-order valence-electron chi connectivity index (χ3n) is 3.32. The Labute approximate surface area is 128 Å². The van der Waals surface area contributed by atoms with Gasteiger partial charge >= 0.3 is 0 Å². The van der Waals surface area contributed by atoms with Crippen molar-refractivity contribution < 1.29 is 9.88 Å². The van der Waals surface area contributed by atoms with Gasteiger partial charge in [0, 0.05) is 11.4 Å². The molecule has 0 aromatic heterocycles. The molecular weight excluding hydrogens is 310 g/mol. The first kappa shape index (κ1) is 13.8. The Kier molecular flexibility index (Phi) is 2.92. The van der Waals surface area contributed by atoms with E-state index in [1.54, 1.807) is 12.1 Å². The topological polar surface area (TPSA) is 136 Å². The molecule has 120 valence electrons. The minimum absolute atomic E-state index is 0.0469. The minimum Gasteiger partial charge on any atom is -0.731 e. The Morgan fingerprint density at radius 3 is 1.43 bits per heavy atom. The summed E-state index contributed by atoms with van der Waals surface area (Å²) in [4.78, 5) is 8.69. The van der Waals surface area contributed by atoms with Gasteiger partial charge in [-0.15, -0.1) is 0 Å². The summed E-state index contributed by atoms with van der Waals surface area (Å²) in [6, 6.07) is 8.78. The normalized spacial score (nSPS) is 16.0. The molecule has 2 heterocycles. The second kappa shape index (κ2) is 4.85. The van der Waals surface area contributed by atoms with Gasteiger partial charge in [-0.25, -0.2) is 0 Å². The first-order chi connectivity index (χ1) is 11.0. The maximum Gasteiger partial charge on any atom is 0.0804 e. The summed E-state index contributed by atoms with van der Waals surface area (Å²) in [5.41, 5.74) is 1.23. The quantitative estimate of drug-likeness (QED) is 0.873. The number of nitrogens with one attached hydrogen (secondary N) is 1. The van der Waals surface area contributed by atoms with Crippen LogP contribution >= 0.6 is 0 Å². The average Bonchev–Trinajstić information content (AvgIpc) is 2.96. The summed E-state index contributed by atoms with van der Waals surface area (Å²) < 4.78 is 0. The van der Waals surface area contributed by atoms with Crippen LogP contribution in [0.2, 0.25) is 0 Å². The van der Waals surface area contributed by atoms with E-state index in [4.69, 9.17) is 0 Å². The molecule has 0 atom stereocenters. The van der Waals surface area contributed by atoms with E-state index in [0.29, 0.717) is 11.4 Å². The predicted octanol–water partition coefficient (Wildman–Crippen LogP) is 2.37. The van der Waals surface area contributed by atoms with Gasteiger partial charge in [0.25, 0.3) is 0 Å². The standard InChI is InChI=1S/C12H7N5O6/c18-14-9-3-1-7(5-11(9)16(20)22-14)13-8-2-4-10-12(6-8)17(21)23-15(10)19/h1-6,13H/q-4. The summed E-state index contributed by atoms with van der Waals surface area (Å²) in [7, 11) is 0. The molecule has 2 aliphatic heterocycles. The van der Waals surface area contributed by atoms with Crippen molar-refractivity contribution in [1.29, 1.82) is 0 Å². The number of anilines is 6. The van der Waals surface area contributed by atoms with Gasteiger partial charge in [0.2, 0.25) is 0 Å². The molecule has 2 aliphatic rings. The van der Waals surface area contributed by atoms with Crippen molar-refractivity contribution in [1.82, 2.24) is 0 Å². The van der Waals surface area contributed by atoms with Gasteiger partial charge in [0.05, 0.1) is 22.7 Å². The van der Waals surface area contributed by atoms with Crippen LogP contribution in [0.25, 0.3) is 0 Å². The number of hydrogen-bond donors (Lipinski definition) is 1. The lowest BCUT2D eigenvalue weighted by molar-refractivity contribution is 0.150. The van der Waals surface area contributed by atoms with Crippen molar-refractivity contribution in [3.63, 3.8) is 0 Å². The molecular formula is C12H7N5O6-4. The summed E-state index contributed by atoms with van der Waals surface area (Å²) in [6.45, 7) is 0. The highest BCUT2D eigenvalue weighted by molar-refractivity contribution is 5.81. The van der Waals surface area contributed by atoms with Crippen LogP contribution in [0, 0.1) is 20.8 Å². The van der Waals surface area contributed by atoms with Crippen LogP contribution in [-0.2, 0) is 9.88 Å². The molecule has 0 saturated carbocycles. The average molecular weight is 317 g/mol. The Morgan fingerprint density at radius 1 is 0.609 bits per heavy atom. The Bertz CT molecular complexity index is 710. The zero-order chi connectivity index (χ0) is 16.1. The molecule has 0 unspecified atom stereocenters. The summed E-state index contributed by atoms with van der Waals surface area (Å²) in [5, 5.41) is 48.8. The number of hydrogen-bond acceptors (Lipinski definition) is 11. The van der Waals surface area contributed by atoms with E-state index in [2.05, 4.69) is 15.2 Å². The maximum absolute atomic E-state index is 11.4. The van der Waals surface area contributed by atoms with Crippen molar-refractivity contribution in [2.75, 3.05) is 26.2 Å². The van der Waals surface area contributed by atoms with Crippen molar-refractivity contribution >= 4 is 34.1 Å². The number of rotatable bonds is 2. The second-order valence-corrected chi connectivity index (χ2v) is 4.72. The smallest absolute Gasteiger partial charge is 0.0804 e. The highest BCUT2D eigenvalue weighted by Crippen LogP contribution is 2.40. The lowest BCUT2D eigenvalue weighted by Gasteiger charge is -2.26. The summed E-state index contributed by atoms with van der Waals surface area (Å²) in [5.74, 6) is 0. The minimum atomic E-state index is 0.0469. The molecule has 23 heavy (non-hydrogen) atoms. The number of benzene rings is 2. The van der Waals surface area contributed by atoms with Gasteiger partial charge in [-0.05, 0) is 36.4 Å². The van der Waals surface area contributed by atoms with Crippen molar-refractivity contribution in [3.8, 4) is 0 Å². The van der Waals surface area contributed by atoms with Gasteiger partial charge in [-0.2, -0.15) is 9.88 Å². The first-order valence-corrected chi connectivity index (χ1v) is 6.33. The Balaban J connectivity index is 1.62. The van der Waals surface area contributed by atoms with E-state index in [1.165, 1.54) is 24.3 Å². The van der Waals surface area contributed by atoms with E-state index < -0.39 is 0 Å². The van der Waals surface area contributed by atoms with Crippen LogP contribution in [0.4, 0.5) is 34.1 Å². The van der Waals surface area contributed by atoms with E-state index in [0.717, 1.165) is 0 Å². The van der Waals surface area contributed by atoms with Crippen molar-refractivity contribution in [2.45, 2.75) is 0 Å². The zero-order valence-electron chi connectivity index (χ0n) is 11.2. The van der Waals surface area contributed by atoms with Crippen LogP contribution < -0.4 is 26.2 Å². The van der Waals surface area contributed by atoms with Crippen LogP contribution in [0.5, 0.6) is 0 Å². The van der Waals surface area contributed by atoms with Gasteiger partial charge in [-0.3, -0.25) is 20.9 Å². The van der Waals surface area contributed by atoms with Crippen LogP contribution in [0.15, 0.2) is 36.4 Å². The van der Waals surface area contributed by atoms with Gasteiger partial charge in [0.1, 0.15) is 0 Å². The molecule has 0 radical (unpaired) electrons. The molecule has 11 heteroatoms. The monoisotopic (exact) mass is 317 g/mol. The SMILES string of the molecule is [O-]N1ON([O-])c2cc(Nc3ccc4c(c3)N([O-])ON4[O-])ccc21. The molecule has 11 nitrogen and oxygen atoms in total. The molecule has 2 aromatic carbocycles. The molecule has 0 aliphatic carbocycles. The van der Waals surface area contributed by atoms with Crippen molar-refractivity contribution in [3.05, 3.63) is 57.2 Å². The fourth-order valence-corrected chi connectivity index (χ4v) is 2.28. The zero-order valence-corrected chi connectivity index (χ0v) is 11.2. The highest BCUT2D eigenvalue weighted by Gasteiger charge is 2.18. The highest BCUT2D eigenvalue weighted by atomic mass is 17.1. The molecule has 2 aromatic rings. The van der Waals surface area contributed by atoms with Crippen LogP contribution in [-0.4, -0.2) is 0 Å². The van der Waals surface area contributed by atoms with Gasteiger partial charge in [-0.1, -0.05) is 0 Å². The first-order valence-electron chi connectivity index (χ1n) is 6.33. The molecule has 0 fully saturated rings. The van der Waals surface area contributed by atoms with E-state index in [-0.39, 0.29) is 43.7 Å². The largest absolute Gasteiger partial charge is 0.731 e. The maximum atomic E-state index is 11.4. The van der Waals surface area contributed by atoms with Crippen LogP contribution in [0.3, 0.4) is 0 Å². The lowest BCUT2D eigenvalue weighted by Crippen LogP contribution is -2.17. The van der Waals surface area contributed by atoms with E-state index in [9.17, 15) is 20.8 Å². The predicted molar refractivity (Wildman–Crippen MR) is 81.7 cm³/mol. The fraction of sp³-hybridized carbons (Fsp3) is 0. The Morgan fingerprint density at radius 2 is 1.00 bits per heavy atom.